The number of unbranched alkanes of at least 4 members (excludes halogenated alkanes) is 1. The second-order valence-corrected chi connectivity index (χ2v) is 3.44. The zero-order valence-corrected chi connectivity index (χ0v) is 9.55. The molecule has 0 aliphatic heterocycles. The van der Waals surface area contributed by atoms with Gasteiger partial charge >= 0.3 is 6.18 Å². The van der Waals surface area contributed by atoms with Gasteiger partial charge in [0, 0.05) is 6.61 Å². The molecule has 0 aromatic carbocycles. The topological polar surface area (TPSA) is 44.5 Å². The van der Waals surface area contributed by atoms with Crippen LogP contribution in [0.15, 0.2) is 0 Å². The Morgan fingerprint density at radius 2 is 1.88 bits per heavy atom. The second-order valence-electron chi connectivity index (χ2n) is 3.44. The molecule has 0 amide bonds. The van der Waals surface area contributed by atoms with Gasteiger partial charge in [-0.05, 0) is 19.4 Å². The maximum absolute atomic E-state index is 12.3. The van der Waals surface area contributed by atoms with Crippen LogP contribution in [0.3, 0.4) is 0 Å². The Morgan fingerprint density at radius 3 is 2.38 bits per heavy atom. The Labute approximate surface area is 94.1 Å². The predicted molar refractivity (Wildman–Crippen MR) is 55.2 cm³/mol. The van der Waals surface area contributed by atoms with Crippen molar-refractivity contribution < 1.29 is 22.6 Å². The number of hydrogen-bond acceptors (Lipinski definition) is 3. The molecule has 3 nitrogen and oxygen atoms in total. The van der Waals surface area contributed by atoms with E-state index in [4.69, 9.17) is 15.2 Å². The van der Waals surface area contributed by atoms with Crippen molar-refractivity contribution in [3.8, 4) is 0 Å². The van der Waals surface area contributed by atoms with Crippen molar-refractivity contribution in [2.75, 3.05) is 26.4 Å². The van der Waals surface area contributed by atoms with Gasteiger partial charge in [-0.15, -0.1) is 0 Å². The summed E-state index contributed by atoms with van der Waals surface area (Å²) >= 11 is 0. The first kappa shape index (κ1) is 15.7. The largest absolute Gasteiger partial charge is 0.414 e. The summed E-state index contributed by atoms with van der Waals surface area (Å²) in [6.07, 6.45) is -4.42. The third-order valence-corrected chi connectivity index (χ3v) is 1.98. The third-order valence-electron chi connectivity index (χ3n) is 1.98. The van der Waals surface area contributed by atoms with Gasteiger partial charge in [0.05, 0.1) is 13.2 Å². The van der Waals surface area contributed by atoms with Crippen molar-refractivity contribution in [3.05, 3.63) is 0 Å². The van der Waals surface area contributed by atoms with Crippen LogP contribution >= 0.6 is 0 Å². The number of hydrogen-bond donors (Lipinski definition) is 1. The van der Waals surface area contributed by atoms with Gasteiger partial charge in [-0.1, -0.05) is 13.3 Å². The monoisotopic (exact) mass is 243 g/mol. The highest BCUT2D eigenvalue weighted by atomic mass is 19.4. The first-order valence-electron chi connectivity index (χ1n) is 5.48. The third kappa shape index (κ3) is 7.90. The van der Waals surface area contributed by atoms with Crippen LogP contribution in [-0.4, -0.2) is 38.6 Å². The van der Waals surface area contributed by atoms with Crippen LogP contribution < -0.4 is 5.73 Å². The van der Waals surface area contributed by atoms with E-state index in [0.29, 0.717) is 6.61 Å². The normalized spacial score (nSPS) is 14.1. The van der Waals surface area contributed by atoms with Crippen LogP contribution in [0.2, 0.25) is 0 Å². The van der Waals surface area contributed by atoms with Crippen LogP contribution in [0, 0.1) is 0 Å². The molecule has 0 aromatic rings. The number of ether oxygens (including phenoxy) is 2. The minimum atomic E-state index is -4.34. The lowest BCUT2D eigenvalue weighted by molar-refractivity contribution is -0.223. The van der Waals surface area contributed by atoms with Crippen molar-refractivity contribution in [1.29, 1.82) is 0 Å². The van der Waals surface area contributed by atoms with Gasteiger partial charge in [0.2, 0.25) is 0 Å². The molecule has 16 heavy (non-hydrogen) atoms. The van der Waals surface area contributed by atoms with Crippen molar-refractivity contribution in [3.63, 3.8) is 0 Å². The molecule has 1 atom stereocenters. The zero-order valence-electron chi connectivity index (χ0n) is 9.55. The lowest BCUT2D eigenvalue weighted by Gasteiger charge is -2.20. The summed E-state index contributed by atoms with van der Waals surface area (Å²) in [5, 5.41) is 0. The number of nitrogens with two attached hydrogens (primary N) is 1. The first-order valence-corrected chi connectivity index (χ1v) is 5.48. The van der Waals surface area contributed by atoms with Crippen LogP contribution in [0.5, 0.6) is 0 Å². The summed E-state index contributed by atoms with van der Waals surface area (Å²) in [5.41, 5.74) is 5.08. The van der Waals surface area contributed by atoms with E-state index >= 15 is 0 Å². The fourth-order valence-corrected chi connectivity index (χ4v) is 1.09. The number of rotatable bonds is 9. The molecule has 0 aromatic heterocycles. The highest BCUT2D eigenvalue weighted by Crippen LogP contribution is 2.24. The van der Waals surface area contributed by atoms with Crippen molar-refractivity contribution in [2.45, 2.75) is 38.5 Å². The average Bonchev–Trinajstić information content (AvgIpc) is 2.20. The van der Waals surface area contributed by atoms with Gasteiger partial charge in [0.1, 0.15) is 0 Å². The minimum absolute atomic E-state index is 0.0408. The van der Waals surface area contributed by atoms with Crippen molar-refractivity contribution in [1.82, 2.24) is 0 Å². The summed E-state index contributed by atoms with van der Waals surface area (Å²) in [6, 6.07) is 0. The molecular weight excluding hydrogens is 223 g/mol. The van der Waals surface area contributed by atoms with Gasteiger partial charge in [-0.3, -0.25) is 0 Å². The lowest BCUT2D eigenvalue weighted by atomic mass is 10.2. The molecule has 2 N–H and O–H groups in total. The Bertz CT molecular complexity index is 165. The second kappa shape index (κ2) is 8.78. The van der Waals surface area contributed by atoms with Gasteiger partial charge < -0.3 is 15.2 Å². The molecule has 0 saturated carbocycles. The number of alkyl halides is 3. The fraction of sp³-hybridized carbons (Fsp3) is 1.00. The highest BCUT2D eigenvalue weighted by molar-refractivity contribution is 4.67. The van der Waals surface area contributed by atoms with Gasteiger partial charge in [0.15, 0.2) is 6.10 Å². The average molecular weight is 243 g/mol. The quantitative estimate of drug-likeness (QED) is 0.631. The molecule has 1 unspecified atom stereocenters. The van der Waals surface area contributed by atoms with Crippen LogP contribution in [-0.2, 0) is 9.47 Å². The molecule has 0 radical (unpaired) electrons. The maximum atomic E-state index is 12.3. The van der Waals surface area contributed by atoms with E-state index in [0.717, 1.165) is 12.8 Å². The maximum Gasteiger partial charge on any atom is 0.414 e. The van der Waals surface area contributed by atoms with E-state index in [2.05, 4.69) is 0 Å². The standard InChI is InChI=1S/C10H20F3NO2/c1-2-3-6-15-7-8-16-9(4-5-14)10(11,12)13/h9H,2-8,14H2,1H3. The van der Waals surface area contributed by atoms with Crippen molar-refractivity contribution in [2.24, 2.45) is 5.73 Å². The molecule has 6 heteroatoms. The SMILES string of the molecule is CCCCOCCOC(CCN)C(F)(F)F. The van der Waals surface area contributed by atoms with E-state index in [1.165, 1.54) is 0 Å². The zero-order chi connectivity index (χ0) is 12.4. The van der Waals surface area contributed by atoms with Gasteiger partial charge in [-0.2, -0.15) is 13.2 Å². The lowest BCUT2D eigenvalue weighted by Crippen LogP contribution is -2.34. The van der Waals surface area contributed by atoms with E-state index in [-0.39, 0.29) is 26.2 Å². The van der Waals surface area contributed by atoms with Gasteiger partial charge in [-0.25, -0.2) is 0 Å². The van der Waals surface area contributed by atoms with Crippen LogP contribution in [0.1, 0.15) is 26.2 Å². The van der Waals surface area contributed by atoms with Crippen LogP contribution in [0.4, 0.5) is 13.2 Å². The Kier molecular flexibility index (Phi) is 8.60. The van der Waals surface area contributed by atoms with E-state index in [1.807, 2.05) is 6.92 Å². The molecule has 98 valence electrons. The molecule has 0 saturated heterocycles. The minimum Gasteiger partial charge on any atom is -0.379 e. The summed E-state index contributed by atoms with van der Waals surface area (Å²) in [5.74, 6) is 0. The Balaban J connectivity index is 3.61. The van der Waals surface area contributed by atoms with E-state index in [1.54, 1.807) is 0 Å². The highest BCUT2D eigenvalue weighted by Gasteiger charge is 2.39. The predicted octanol–water partition coefficient (Wildman–Crippen LogP) is 2.10. The van der Waals surface area contributed by atoms with E-state index < -0.39 is 12.3 Å². The summed E-state index contributed by atoms with van der Waals surface area (Å²) < 4.78 is 46.7. The molecular formula is C10H20F3NO2. The molecule has 0 spiro atoms. The molecule has 0 fully saturated rings. The van der Waals surface area contributed by atoms with Crippen molar-refractivity contribution >= 4 is 0 Å². The summed E-state index contributed by atoms with van der Waals surface area (Å²) in [7, 11) is 0. The molecule has 0 aliphatic rings. The Morgan fingerprint density at radius 1 is 1.19 bits per heavy atom. The summed E-state index contributed by atoms with van der Waals surface area (Å²) in [4.78, 5) is 0. The van der Waals surface area contributed by atoms with E-state index in [9.17, 15) is 13.2 Å². The fourth-order valence-electron chi connectivity index (χ4n) is 1.09. The van der Waals surface area contributed by atoms with Gasteiger partial charge in [0.25, 0.3) is 0 Å². The number of halogens is 3. The molecule has 0 rings (SSSR count). The molecule has 0 heterocycles. The molecule has 0 aliphatic carbocycles. The Hall–Kier alpha value is -0.330. The first-order chi connectivity index (χ1) is 7.52. The summed E-state index contributed by atoms with van der Waals surface area (Å²) in [6.45, 7) is 2.68. The molecule has 0 bridgehead atoms. The smallest absolute Gasteiger partial charge is 0.379 e. The van der Waals surface area contributed by atoms with Crippen LogP contribution in [0.25, 0.3) is 0 Å².